The van der Waals surface area contributed by atoms with Crippen LogP contribution < -0.4 is 15.1 Å². The Morgan fingerprint density at radius 2 is 1.72 bits per heavy atom. The van der Waals surface area contributed by atoms with Crippen LogP contribution in [-0.4, -0.2) is 38.0 Å². The van der Waals surface area contributed by atoms with Crippen molar-refractivity contribution in [2.45, 2.75) is 33.6 Å². The van der Waals surface area contributed by atoms with Gasteiger partial charge < -0.3 is 15.1 Å². The molecule has 5 nitrogen and oxygen atoms in total. The number of amides is 2. The fourth-order valence-corrected chi connectivity index (χ4v) is 3.78. The molecule has 5 heteroatoms. The molecule has 0 spiro atoms. The Kier molecular flexibility index (Phi) is 6.91. The third-order valence-corrected chi connectivity index (χ3v) is 5.70. The summed E-state index contributed by atoms with van der Waals surface area (Å²) in [4.78, 5) is 28.7. The molecule has 1 aliphatic heterocycles. The summed E-state index contributed by atoms with van der Waals surface area (Å²) in [6.07, 6.45) is 2.45. The Morgan fingerprint density at radius 1 is 1.07 bits per heavy atom. The maximum Gasteiger partial charge on any atom is 0.251 e. The van der Waals surface area contributed by atoms with Gasteiger partial charge in [0, 0.05) is 50.0 Å². The molecule has 2 amide bonds. The van der Waals surface area contributed by atoms with E-state index in [4.69, 9.17) is 0 Å². The number of rotatable bonds is 6. The van der Waals surface area contributed by atoms with Crippen LogP contribution in [-0.2, 0) is 4.79 Å². The number of nitrogens with one attached hydrogen (secondary N) is 1. The minimum atomic E-state index is -0.110. The maximum atomic E-state index is 12.4. The number of carbonyl (C=O) groups is 2. The zero-order chi connectivity index (χ0) is 20.8. The van der Waals surface area contributed by atoms with Crippen molar-refractivity contribution in [3.63, 3.8) is 0 Å². The standard InChI is InChI=1S/C24H31N3O2/c1-18-12-15-26(16-13-18)21-8-10-22(11-9-21)27(20(3)28)17-14-25-24(29)23-7-5-4-6-19(23)2/h4-11,18H,12-17H2,1-3H3,(H,25,29). The first-order chi connectivity index (χ1) is 14.0. The SMILES string of the molecule is CC(=O)N(CCNC(=O)c1ccccc1C)c1ccc(N2CCC(C)CC2)cc1. The third kappa shape index (κ3) is 5.37. The molecule has 1 fully saturated rings. The summed E-state index contributed by atoms with van der Waals surface area (Å²) in [7, 11) is 0. The first kappa shape index (κ1) is 20.9. The fraction of sp³-hybridized carbons (Fsp3) is 0.417. The highest BCUT2D eigenvalue weighted by molar-refractivity contribution is 5.96. The fourth-order valence-electron chi connectivity index (χ4n) is 3.78. The number of piperidine rings is 1. The minimum absolute atomic E-state index is 0.0327. The summed E-state index contributed by atoms with van der Waals surface area (Å²) in [5.41, 5.74) is 3.67. The van der Waals surface area contributed by atoms with Crippen molar-refractivity contribution < 1.29 is 9.59 Å². The van der Waals surface area contributed by atoms with Crippen LogP contribution in [0, 0.1) is 12.8 Å². The van der Waals surface area contributed by atoms with Crippen LogP contribution in [0.25, 0.3) is 0 Å². The molecule has 1 heterocycles. The van der Waals surface area contributed by atoms with Gasteiger partial charge in [0.1, 0.15) is 0 Å². The van der Waals surface area contributed by atoms with Crippen LogP contribution in [0.4, 0.5) is 11.4 Å². The molecule has 0 aromatic heterocycles. The van der Waals surface area contributed by atoms with Crippen LogP contribution in [0.15, 0.2) is 48.5 Å². The first-order valence-corrected chi connectivity index (χ1v) is 10.4. The third-order valence-electron chi connectivity index (χ3n) is 5.70. The molecule has 154 valence electrons. The summed E-state index contributed by atoms with van der Waals surface area (Å²) >= 11 is 0. The highest BCUT2D eigenvalue weighted by Crippen LogP contribution is 2.25. The van der Waals surface area contributed by atoms with Crippen molar-refractivity contribution >= 4 is 23.2 Å². The van der Waals surface area contributed by atoms with Crippen molar-refractivity contribution in [3.05, 3.63) is 59.7 Å². The highest BCUT2D eigenvalue weighted by atomic mass is 16.2. The molecule has 0 unspecified atom stereocenters. The molecular weight excluding hydrogens is 362 g/mol. The molecule has 1 saturated heterocycles. The predicted octanol–water partition coefficient (Wildman–Crippen LogP) is 4.01. The van der Waals surface area contributed by atoms with Crippen LogP contribution in [0.3, 0.4) is 0 Å². The van der Waals surface area contributed by atoms with Crippen molar-refractivity contribution in [3.8, 4) is 0 Å². The second kappa shape index (κ2) is 9.59. The molecule has 2 aromatic rings. The molecule has 0 radical (unpaired) electrons. The monoisotopic (exact) mass is 393 g/mol. The van der Waals surface area contributed by atoms with Gasteiger partial charge in [0.05, 0.1) is 0 Å². The number of benzene rings is 2. The average Bonchev–Trinajstić information content (AvgIpc) is 2.72. The summed E-state index contributed by atoms with van der Waals surface area (Å²) in [6.45, 7) is 8.79. The highest BCUT2D eigenvalue weighted by Gasteiger charge is 2.17. The Hall–Kier alpha value is -2.82. The molecule has 0 aliphatic carbocycles. The zero-order valence-corrected chi connectivity index (χ0v) is 17.6. The van der Waals surface area contributed by atoms with Gasteiger partial charge in [-0.1, -0.05) is 25.1 Å². The quantitative estimate of drug-likeness (QED) is 0.807. The summed E-state index contributed by atoms with van der Waals surface area (Å²) in [6, 6.07) is 15.7. The van der Waals surface area contributed by atoms with E-state index in [1.54, 1.807) is 11.8 Å². The lowest BCUT2D eigenvalue weighted by Gasteiger charge is -2.32. The van der Waals surface area contributed by atoms with E-state index in [1.165, 1.54) is 18.5 Å². The molecule has 3 rings (SSSR count). The Balaban J connectivity index is 1.59. The lowest BCUT2D eigenvalue weighted by Crippen LogP contribution is -2.37. The largest absolute Gasteiger partial charge is 0.372 e. The Bertz CT molecular complexity index is 839. The van der Waals surface area contributed by atoms with Gasteiger partial charge >= 0.3 is 0 Å². The summed E-state index contributed by atoms with van der Waals surface area (Å²) in [5, 5.41) is 2.92. The second-order valence-electron chi connectivity index (χ2n) is 7.93. The number of aryl methyl sites for hydroxylation is 1. The Morgan fingerprint density at radius 3 is 2.34 bits per heavy atom. The van der Waals surface area contributed by atoms with E-state index >= 15 is 0 Å². The topological polar surface area (TPSA) is 52.7 Å². The van der Waals surface area contributed by atoms with E-state index in [0.717, 1.165) is 30.3 Å². The number of hydrogen-bond donors (Lipinski definition) is 1. The van der Waals surface area contributed by atoms with Crippen molar-refractivity contribution in [1.82, 2.24) is 5.32 Å². The number of anilines is 2. The number of nitrogens with zero attached hydrogens (tertiary/aromatic N) is 2. The smallest absolute Gasteiger partial charge is 0.251 e. The summed E-state index contributed by atoms with van der Waals surface area (Å²) in [5.74, 6) is 0.657. The Labute approximate surface area is 173 Å². The van der Waals surface area contributed by atoms with Crippen molar-refractivity contribution in [2.24, 2.45) is 5.92 Å². The maximum absolute atomic E-state index is 12.4. The second-order valence-corrected chi connectivity index (χ2v) is 7.93. The van der Waals surface area contributed by atoms with E-state index in [-0.39, 0.29) is 11.8 Å². The molecule has 0 saturated carbocycles. The first-order valence-electron chi connectivity index (χ1n) is 10.4. The molecule has 1 N–H and O–H groups in total. The van der Waals surface area contributed by atoms with E-state index in [9.17, 15) is 9.59 Å². The number of carbonyl (C=O) groups excluding carboxylic acids is 2. The van der Waals surface area contributed by atoms with Gasteiger partial charge in [-0.2, -0.15) is 0 Å². The van der Waals surface area contributed by atoms with Crippen LogP contribution in [0.1, 0.15) is 42.6 Å². The van der Waals surface area contributed by atoms with Crippen LogP contribution >= 0.6 is 0 Å². The van der Waals surface area contributed by atoms with Crippen LogP contribution in [0.5, 0.6) is 0 Å². The molecule has 1 aliphatic rings. The number of hydrogen-bond acceptors (Lipinski definition) is 3. The van der Waals surface area contributed by atoms with Gasteiger partial charge in [-0.3, -0.25) is 9.59 Å². The molecular formula is C24H31N3O2. The van der Waals surface area contributed by atoms with Crippen LogP contribution in [0.2, 0.25) is 0 Å². The van der Waals surface area contributed by atoms with Gasteiger partial charge in [0.15, 0.2) is 0 Å². The van der Waals surface area contributed by atoms with Crippen molar-refractivity contribution in [1.29, 1.82) is 0 Å². The van der Waals surface area contributed by atoms with E-state index in [0.29, 0.717) is 18.7 Å². The lowest BCUT2D eigenvalue weighted by molar-refractivity contribution is -0.116. The van der Waals surface area contributed by atoms with Crippen molar-refractivity contribution in [2.75, 3.05) is 36.0 Å². The van der Waals surface area contributed by atoms with Gasteiger partial charge in [0.25, 0.3) is 5.91 Å². The van der Waals surface area contributed by atoms with Gasteiger partial charge in [0.2, 0.25) is 5.91 Å². The molecule has 2 aromatic carbocycles. The molecule has 0 atom stereocenters. The summed E-state index contributed by atoms with van der Waals surface area (Å²) < 4.78 is 0. The van der Waals surface area contributed by atoms with Gasteiger partial charge in [-0.15, -0.1) is 0 Å². The van der Waals surface area contributed by atoms with E-state index in [2.05, 4.69) is 29.3 Å². The normalized spacial score (nSPS) is 14.5. The van der Waals surface area contributed by atoms with Gasteiger partial charge in [-0.25, -0.2) is 0 Å². The zero-order valence-electron chi connectivity index (χ0n) is 17.6. The molecule has 29 heavy (non-hydrogen) atoms. The lowest BCUT2D eigenvalue weighted by atomic mass is 9.99. The predicted molar refractivity (Wildman–Crippen MR) is 119 cm³/mol. The van der Waals surface area contributed by atoms with E-state index in [1.807, 2.05) is 43.3 Å². The van der Waals surface area contributed by atoms with Gasteiger partial charge in [-0.05, 0) is 61.6 Å². The average molecular weight is 394 g/mol. The minimum Gasteiger partial charge on any atom is -0.372 e. The van der Waals surface area contributed by atoms with E-state index < -0.39 is 0 Å². The molecule has 0 bridgehead atoms.